The molecular formula is C24H26N4O3S. The van der Waals surface area contributed by atoms with Gasteiger partial charge in [0, 0.05) is 29.5 Å². The van der Waals surface area contributed by atoms with Gasteiger partial charge in [-0.3, -0.25) is 4.72 Å². The summed E-state index contributed by atoms with van der Waals surface area (Å²) in [5.74, 6) is 2.34. The molecule has 0 saturated carbocycles. The van der Waals surface area contributed by atoms with Gasteiger partial charge in [-0.2, -0.15) is 10.2 Å². The molecule has 7 nitrogen and oxygen atoms in total. The molecule has 0 radical (unpaired) electrons. The molecule has 2 N–H and O–H groups in total. The van der Waals surface area contributed by atoms with Gasteiger partial charge in [0.05, 0.1) is 11.7 Å². The van der Waals surface area contributed by atoms with Crippen molar-refractivity contribution in [3.63, 3.8) is 0 Å². The lowest BCUT2D eigenvalue weighted by molar-refractivity contribution is 0.241. The molecule has 1 aliphatic carbocycles. The van der Waals surface area contributed by atoms with Crippen LogP contribution in [-0.4, -0.2) is 33.7 Å². The summed E-state index contributed by atoms with van der Waals surface area (Å²) in [6.07, 6.45) is 2.70. The Morgan fingerprint density at radius 2 is 2.22 bits per heavy atom. The van der Waals surface area contributed by atoms with Gasteiger partial charge in [-0.15, -0.1) is 0 Å². The lowest BCUT2D eigenvalue weighted by Gasteiger charge is -2.13. The maximum Gasteiger partial charge on any atom is 0.258 e. The van der Waals surface area contributed by atoms with Gasteiger partial charge in [0.15, 0.2) is 0 Å². The van der Waals surface area contributed by atoms with E-state index >= 15 is 0 Å². The average Bonchev–Trinajstić information content (AvgIpc) is 3.44. The molecule has 1 atom stereocenters. The molecule has 0 amide bonds. The minimum absolute atomic E-state index is 0.0190. The summed E-state index contributed by atoms with van der Waals surface area (Å²) >= 11 is 1.65. The maximum absolute atomic E-state index is 9.49. The zero-order valence-corrected chi connectivity index (χ0v) is 19.0. The maximum atomic E-state index is 9.49. The molecule has 0 spiro atoms. The van der Waals surface area contributed by atoms with Crippen molar-refractivity contribution in [1.82, 2.24) is 14.9 Å². The number of aromatic nitrogens is 2. The van der Waals surface area contributed by atoms with Gasteiger partial charge in [0.25, 0.3) is 5.89 Å². The minimum Gasteiger partial charge on any atom is -0.490 e. The summed E-state index contributed by atoms with van der Waals surface area (Å²) in [7, 11) is 0. The van der Waals surface area contributed by atoms with Crippen LogP contribution in [0.5, 0.6) is 5.75 Å². The molecule has 0 unspecified atom stereocenters. The first-order valence-corrected chi connectivity index (χ1v) is 11.7. The largest absolute Gasteiger partial charge is 0.490 e. The second-order valence-electron chi connectivity index (χ2n) is 7.92. The van der Waals surface area contributed by atoms with Crippen molar-refractivity contribution in [3.8, 4) is 34.7 Å². The number of rotatable bonds is 9. The fraction of sp³-hybridized carbons (Fsp3) is 0.375. The van der Waals surface area contributed by atoms with E-state index in [9.17, 15) is 5.26 Å². The number of hydrogen-bond donors (Lipinski definition) is 2. The van der Waals surface area contributed by atoms with Crippen LogP contribution in [0.1, 0.15) is 49.4 Å². The number of ether oxygens (including phenoxy) is 1. The zero-order valence-electron chi connectivity index (χ0n) is 18.2. The van der Waals surface area contributed by atoms with Crippen molar-refractivity contribution in [2.24, 2.45) is 0 Å². The Morgan fingerprint density at radius 3 is 3.00 bits per heavy atom. The highest BCUT2D eigenvalue weighted by Gasteiger charge is 2.26. The van der Waals surface area contributed by atoms with E-state index in [0.29, 0.717) is 28.6 Å². The molecule has 1 aromatic heterocycles. The third-order valence-corrected chi connectivity index (χ3v) is 6.22. The topological polar surface area (TPSA) is 104 Å². The Labute approximate surface area is 191 Å². The smallest absolute Gasteiger partial charge is 0.258 e. The van der Waals surface area contributed by atoms with Gasteiger partial charge < -0.3 is 14.4 Å². The normalized spacial score (nSPS) is 15.0. The first-order valence-electron chi connectivity index (χ1n) is 10.8. The van der Waals surface area contributed by atoms with Gasteiger partial charge in [0.2, 0.25) is 5.82 Å². The van der Waals surface area contributed by atoms with Gasteiger partial charge in [-0.25, -0.2) is 0 Å². The second-order valence-corrected chi connectivity index (χ2v) is 8.85. The highest BCUT2D eigenvalue weighted by Crippen LogP contribution is 2.38. The number of nitriles is 1. The highest BCUT2D eigenvalue weighted by atomic mass is 32.2. The number of aliphatic hydroxyl groups excluding tert-OH is 1. The zero-order chi connectivity index (χ0) is 22.5. The fourth-order valence-electron chi connectivity index (χ4n) is 3.84. The number of benzene rings is 2. The van der Waals surface area contributed by atoms with E-state index in [4.69, 9.17) is 14.4 Å². The van der Waals surface area contributed by atoms with Crippen molar-refractivity contribution in [3.05, 3.63) is 53.1 Å². The molecule has 1 heterocycles. The van der Waals surface area contributed by atoms with Crippen LogP contribution in [0.2, 0.25) is 0 Å². The van der Waals surface area contributed by atoms with Crippen LogP contribution in [-0.2, 0) is 6.42 Å². The van der Waals surface area contributed by atoms with Crippen LogP contribution in [0.3, 0.4) is 0 Å². The molecule has 8 heteroatoms. The SMILES string of the molecule is CC(C)Oc1ccc(-c2nc(-c3cccc4c3CC[C@H]4NSCCCO)no2)cc1C#N. The molecule has 32 heavy (non-hydrogen) atoms. The number of fused-ring (bicyclic) bond motifs is 1. The van der Waals surface area contributed by atoms with Crippen LogP contribution in [0.4, 0.5) is 0 Å². The van der Waals surface area contributed by atoms with Gasteiger partial charge in [0.1, 0.15) is 11.8 Å². The number of aliphatic hydroxyl groups is 1. The molecule has 1 aliphatic rings. The molecule has 0 aliphatic heterocycles. The van der Waals surface area contributed by atoms with E-state index < -0.39 is 0 Å². The predicted molar refractivity (Wildman–Crippen MR) is 124 cm³/mol. The minimum atomic E-state index is -0.0190. The molecular weight excluding hydrogens is 424 g/mol. The number of hydrogen-bond acceptors (Lipinski definition) is 8. The van der Waals surface area contributed by atoms with E-state index in [1.807, 2.05) is 32.0 Å². The van der Waals surface area contributed by atoms with Crippen LogP contribution in [0, 0.1) is 11.3 Å². The Balaban J connectivity index is 1.56. The Morgan fingerprint density at radius 1 is 1.34 bits per heavy atom. The van der Waals surface area contributed by atoms with Gasteiger partial charge in [-0.1, -0.05) is 35.3 Å². The molecule has 2 aromatic carbocycles. The summed E-state index contributed by atoms with van der Waals surface area (Å²) in [5, 5.41) is 22.7. The summed E-state index contributed by atoms with van der Waals surface area (Å²) in [5.41, 5.74) is 4.58. The van der Waals surface area contributed by atoms with Gasteiger partial charge in [-0.05, 0) is 62.4 Å². The van der Waals surface area contributed by atoms with E-state index in [1.165, 1.54) is 11.1 Å². The van der Waals surface area contributed by atoms with Crippen molar-refractivity contribution < 1.29 is 14.4 Å². The average molecular weight is 451 g/mol. The van der Waals surface area contributed by atoms with E-state index in [0.717, 1.165) is 30.6 Å². The highest BCUT2D eigenvalue weighted by molar-refractivity contribution is 7.97. The van der Waals surface area contributed by atoms with Crippen molar-refractivity contribution in [1.29, 1.82) is 5.26 Å². The Bertz CT molecular complexity index is 1120. The van der Waals surface area contributed by atoms with Crippen molar-refractivity contribution in [2.45, 2.75) is 45.3 Å². The monoisotopic (exact) mass is 450 g/mol. The summed E-state index contributed by atoms with van der Waals surface area (Å²) in [6, 6.07) is 13.9. The third-order valence-electron chi connectivity index (χ3n) is 5.28. The van der Waals surface area contributed by atoms with Crippen molar-refractivity contribution >= 4 is 11.9 Å². The summed E-state index contributed by atoms with van der Waals surface area (Å²) in [4.78, 5) is 4.62. The van der Waals surface area contributed by atoms with Crippen LogP contribution in [0.15, 0.2) is 40.9 Å². The molecule has 0 fully saturated rings. The van der Waals surface area contributed by atoms with E-state index in [1.54, 1.807) is 24.1 Å². The van der Waals surface area contributed by atoms with Gasteiger partial charge >= 0.3 is 0 Å². The molecule has 4 rings (SSSR count). The van der Waals surface area contributed by atoms with Crippen molar-refractivity contribution in [2.75, 3.05) is 12.4 Å². The van der Waals surface area contributed by atoms with Crippen LogP contribution >= 0.6 is 11.9 Å². The molecule has 166 valence electrons. The molecule has 0 bridgehead atoms. The molecule has 3 aromatic rings. The fourth-order valence-corrected chi connectivity index (χ4v) is 4.68. The third kappa shape index (κ3) is 4.80. The lowest BCUT2D eigenvalue weighted by Crippen LogP contribution is -2.12. The summed E-state index contributed by atoms with van der Waals surface area (Å²) in [6.45, 7) is 4.06. The van der Waals surface area contributed by atoms with Crippen LogP contribution < -0.4 is 9.46 Å². The quantitative estimate of drug-likeness (QED) is 0.358. The van der Waals surface area contributed by atoms with E-state index in [2.05, 4.69) is 27.0 Å². The summed E-state index contributed by atoms with van der Waals surface area (Å²) < 4.78 is 14.8. The molecule has 0 saturated heterocycles. The lowest BCUT2D eigenvalue weighted by atomic mass is 10.0. The second kappa shape index (κ2) is 10.2. The number of nitrogens with zero attached hydrogens (tertiary/aromatic N) is 3. The predicted octanol–water partition coefficient (Wildman–Crippen LogP) is 4.67. The first kappa shape index (κ1) is 22.3. The van der Waals surface area contributed by atoms with E-state index in [-0.39, 0.29) is 18.8 Å². The Hall–Kier alpha value is -2.86. The standard InChI is InChI=1S/C24H26N4O3S/c1-15(2)30-22-10-7-16(13-17(22)14-25)24-26-23(27-31-24)20-6-3-5-19-18(20)8-9-21(19)28-32-12-4-11-29/h3,5-7,10,13,15,21,28-29H,4,8-9,11-12H2,1-2H3/t21-/m1/s1. The van der Waals surface area contributed by atoms with Crippen LogP contribution in [0.25, 0.3) is 22.8 Å². The first-order chi connectivity index (χ1) is 15.6. The Kier molecular flexibility index (Phi) is 7.10. The number of nitrogens with one attached hydrogen (secondary N) is 1.